The summed E-state index contributed by atoms with van der Waals surface area (Å²) in [6.07, 6.45) is 6.00. The number of rotatable bonds is 0. The summed E-state index contributed by atoms with van der Waals surface area (Å²) in [7, 11) is 0. The van der Waals surface area contributed by atoms with Gasteiger partial charge in [-0.25, -0.2) is 0 Å². The fourth-order valence-corrected chi connectivity index (χ4v) is 2.50. The van der Waals surface area contributed by atoms with E-state index in [1.54, 1.807) is 0 Å². The Hall–Kier alpha value is -0.260. The van der Waals surface area contributed by atoms with Crippen LogP contribution >= 0.6 is 0 Å². The van der Waals surface area contributed by atoms with Crippen LogP contribution in [0.25, 0.3) is 0 Å². The van der Waals surface area contributed by atoms with Gasteiger partial charge in [-0.2, -0.15) is 0 Å². The molecule has 2 atom stereocenters. The summed E-state index contributed by atoms with van der Waals surface area (Å²) >= 11 is 0. The molecule has 0 N–H and O–H groups in total. The molecule has 0 aliphatic heterocycles. The average Bonchev–Trinajstić information content (AvgIpc) is 1.70. The molecule has 0 aromatic heterocycles. The largest absolute Gasteiger partial charge is 0.0667 e. The Kier molecular flexibility index (Phi) is 0.415. The van der Waals surface area contributed by atoms with Gasteiger partial charge in [0.1, 0.15) is 0 Å². The maximum atomic E-state index is 1.88. The fourth-order valence-electron chi connectivity index (χ4n) is 2.50. The van der Waals surface area contributed by atoms with E-state index in [9.17, 15) is 0 Å². The van der Waals surface area contributed by atoms with E-state index < -0.39 is 0 Å². The summed E-state index contributed by atoms with van der Waals surface area (Å²) in [5.41, 5.74) is 3.75. The Morgan fingerprint density at radius 3 is 1.50 bits per heavy atom. The molecule has 0 amide bonds. The molecule has 0 aromatic carbocycles. The Morgan fingerprint density at radius 2 is 1.38 bits per heavy atom. The zero-order valence-corrected chi connectivity index (χ0v) is 4.98. The highest BCUT2D eigenvalue weighted by Gasteiger charge is 2.49. The van der Waals surface area contributed by atoms with Crippen LogP contribution in [0.5, 0.6) is 0 Å². The van der Waals surface area contributed by atoms with E-state index in [4.69, 9.17) is 0 Å². The summed E-state index contributed by atoms with van der Waals surface area (Å²) in [5.74, 6) is 2.25. The maximum absolute atomic E-state index is 1.88. The molecule has 3 rings (SSSR count). The van der Waals surface area contributed by atoms with Crippen molar-refractivity contribution in [2.24, 2.45) is 11.8 Å². The lowest BCUT2D eigenvalue weighted by Crippen LogP contribution is -2.43. The summed E-state index contributed by atoms with van der Waals surface area (Å²) in [5, 5.41) is 0. The second-order valence-corrected chi connectivity index (χ2v) is 3.34. The first kappa shape index (κ1) is 3.71. The number of fused-ring (bicyclic) bond motifs is 3. The summed E-state index contributed by atoms with van der Waals surface area (Å²) < 4.78 is 0. The van der Waals surface area contributed by atoms with Crippen molar-refractivity contribution in [2.75, 3.05) is 0 Å². The van der Waals surface area contributed by atoms with E-state index in [1.807, 2.05) is 11.1 Å². The SMILES string of the molecule is C1CC2=C1C1CCC21. The smallest absolute Gasteiger partial charge is 0.0134 e. The molecule has 1 saturated carbocycles. The van der Waals surface area contributed by atoms with Crippen LogP contribution in [0, 0.1) is 11.8 Å². The van der Waals surface area contributed by atoms with Crippen molar-refractivity contribution in [3.8, 4) is 0 Å². The highest BCUT2D eigenvalue weighted by Crippen LogP contribution is 2.62. The van der Waals surface area contributed by atoms with Gasteiger partial charge in [-0.15, -0.1) is 0 Å². The van der Waals surface area contributed by atoms with Gasteiger partial charge in [0, 0.05) is 0 Å². The summed E-state index contributed by atoms with van der Waals surface area (Å²) in [6, 6.07) is 0. The molecule has 0 nitrogen and oxygen atoms in total. The van der Waals surface area contributed by atoms with Crippen LogP contribution in [0.15, 0.2) is 11.1 Å². The van der Waals surface area contributed by atoms with Crippen molar-refractivity contribution in [1.29, 1.82) is 0 Å². The predicted octanol–water partition coefficient (Wildman–Crippen LogP) is 2.12. The normalized spacial score (nSPS) is 48.0. The zero-order valence-electron chi connectivity index (χ0n) is 4.98. The predicted molar refractivity (Wildman–Crippen MR) is 32.5 cm³/mol. The van der Waals surface area contributed by atoms with Crippen molar-refractivity contribution < 1.29 is 0 Å². The third-order valence-corrected chi connectivity index (χ3v) is 3.25. The first-order valence-corrected chi connectivity index (χ1v) is 3.68. The molecule has 0 heteroatoms. The molecule has 0 spiro atoms. The minimum absolute atomic E-state index is 1.12. The van der Waals surface area contributed by atoms with Crippen molar-refractivity contribution in [1.82, 2.24) is 0 Å². The number of allylic oxidation sites excluding steroid dienone is 2. The van der Waals surface area contributed by atoms with Gasteiger partial charge in [0.15, 0.2) is 0 Å². The summed E-state index contributed by atoms with van der Waals surface area (Å²) in [4.78, 5) is 0. The summed E-state index contributed by atoms with van der Waals surface area (Å²) in [6.45, 7) is 0. The second kappa shape index (κ2) is 0.896. The van der Waals surface area contributed by atoms with Crippen LogP contribution in [0.1, 0.15) is 25.7 Å². The zero-order chi connectivity index (χ0) is 5.14. The van der Waals surface area contributed by atoms with Gasteiger partial charge in [-0.1, -0.05) is 11.1 Å². The molecule has 0 saturated heterocycles. The van der Waals surface area contributed by atoms with Gasteiger partial charge in [-0.05, 0) is 37.5 Å². The lowest BCUT2D eigenvalue weighted by Gasteiger charge is -2.56. The molecular weight excluding hydrogens is 96.1 g/mol. The van der Waals surface area contributed by atoms with Crippen molar-refractivity contribution in [2.45, 2.75) is 25.7 Å². The first-order valence-electron chi connectivity index (χ1n) is 3.68. The van der Waals surface area contributed by atoms with Crippen molar-refractivity contribution >= 4 is 0 Å². The molecular formula is C8H10. The van der Waals surface area contributed by atoms with E-state index >= 15 is 0 Å². The third-order valence-electron chi connectivity index (χ3n) is 3.25. The van der Waals surface area contributed by atoms with E-state index in [0.29, 0.717) is 0 Å². The van der Waals surface area contributed by atoms with Crippen LogP contribution in [-0.4, -0.2) is 0 Å². The molecule has 3 aliphatic carbocycles. The van der Waals surface area contributed by atoms with Gasteiger partial charge < -0.3 is 0 Å². The van der Waals surface area contributed by atoms with E-state index in [1.165, 1.54) is 25.7 Å². The highest BCUT2D eigenvalue weighted by atomic mass is 14.5. The first-order chi connectivity index (χ1) is 3.97. The Bertz CT molecular complexity index is 156. The molecule has 0 radical (unpaired) electrons. The lowest BCUT2D eigenvalue weighted by atomic mass is 9.49. The highest BCUT2D eigenvalue weighted by molar-refractivity contribution is 5.43. The standard InChI is InChI=1S/C8H10/c1-2-6-5(1)7-3-4-8(6)7/h5-6H,1-4H2. The molecule has 1 fully saturated rings. The second-order valence-electron chi connectivity index (χ2n) is 3.34. The molecule has 42 valence electrons. The molecule has 2 unspecified atom stereocenters. The Morgan fingerprint density at radius 1 is 0.875 bits per heavy atom. The quantitative estimate of drug-likeness (QED) is 0.415. The molecule has 0 heterocycles. The molecule has 0 bridgehead atoms. The van der Waals surface area contributed by atoms with Gasteiger partial charge in [-0.3, -0.25) is 0 Å². The van der Waals surface area contributed by atoms with Gasteiger partial charge in [0.25, 0.3) is 0 Å². The average molecular weight is 106 g/mol. The molecule has 8 heavy (non-hydrogen) atoms. The van der Waals surface area contributed by atoms with Gasteiger partial charge in [0.2, 0.25) is 0 Å². The minimum Gasteiger partial charge on any atom is -0.0667 e. The van der Waals surface area contributed by atoms with E-state index in [0.717, 1.165) is 11.8 Å². The number of hydrogen-bond acceptors (Lipinski definition) is 0. The monoisotopic (exact) mass is 106 g/mol. The van der Waals surface area contributed by atoms with Crippen LogP contribution in [0.2, 0.25) is 0 Å². The fraction of sp³-hybridized carbons (Fsp3) is 0.750. The van der Waals surface area contributed by atoms with Crippen LogP contribution in [-0.2, 0) is 0 Å². The minimum atomic E-state index is 1.12. The third kappa shape index (κ3) is 0.195. The Balaban J connectivity index is 2.10. The van der Waals surface area contributed by atoms with Gasteiger partial charge >= 0.3 is 0 Å². The maximum Gasteiger partial charge on any atom is -0.0134 e. The van der Waals surface area contributed by atoms with Crippen LogP contribution < -0.4 is 0 Å². The van der Waals surface area contributed by atoms with Crippen LogP contribution in [0.4, 0.5) is 0 Å². The van der Waals surface area contributed by atoms with E-state index in [2.05, 4.69) is 0 Å². The van der Waals surface area contributed by atoms with Crippen molar-refractivity contribution in [3.05, 3.63) is 11.1 Å². The van der Waals surface area contributed by atoms with E-state index in [-0.39, 0.29) is 0 Å². The van der Waals surface area contributed by atoms with Crippen LogP contribution in [0.3, 0.4) is 0 Å². The Labute approximate surface area is 49.6 Å². The molecule has 0 aromatic rings. The number of hydrogen-bond donors (Lipinski definition) is 0. The topological polar surface area (TPSA) is 0 Å². The lowest BCUT2D eigenvalue weighted by molar-refractivity contribution is 0.163. The van der Waals surface area contributed by atoms with Crippen molar-refractivity contribution in [3.63, 3.8) is 0 Å². The van der Waals surface area contributed by atoms with Gasteiger partial charge in [0.05, 0.1) is 0 Å². The molecule has 3 aliphatic rings.